The SMILES string of the molecule is N#Cc1ccc(-c2cc3ccc(-c4ccc5c(c4)c4ccccc4n5-c4ccc(C#N)cc4)cc3c3ccccc23)cc1. The van der Waals surface area contributed by atoms with Gasteiger partial charge in [-0.25, -0.2) is 0 Å². The Morgan fingerprint density at radius 2 is 0.977 bits per heavy atom. The van der Waals surface area contributed by atoms with Crippen LogP contribution in [-0.2, 0) is 0 Å². The monoisotopic (exact) mass is 545 g/mol. The summed E-state index contributed by atoms with van der Waals surface area (Å²) >= 11 is 0. The van der Waals surface area contributed by atoms with Gasteiger partial charge in [0.05, 0.1) is 34.3 Å². The lowest BCUT2D eigenvalue weighted by Crippen LogP contribution is -1.93. The second kappa shape index (κ2) is 9.74. The van der Waals surface area contributed by atoms with E-state index in [1.807, 2.05) is 48.5 Å². The molecule has 1 heterocycles. The van der Waals surface area contributed by atoms with Crippen molar-refractivity contribution in [1.82, 2.24) is 4.57 Å². The molecule has 0 aliphatic carbocycles. The van der Waals surface area contributed by atoms with Gasteiger partial charge in [-0.15, -0.1) is 0 Å². The highest BCUT2D eigenvalue weighted by Crippen LogP contribution is 2.39. The Hall–Kier alpha value is -6.16. The highest BCUT2D eigenvalue weighted by Gasteiger charge is 2.14. The first-order chi connectivity index (χ1) is 21.2. The average Bonchev–Trinajstić information content (AvgIpc) is 3.41. The van der Waals surface area contributed by atoms with Gasteiger partial charge in [-0.05, 0) is 111 Å². The van der Waals surface area contributed by atoms with Crippen LogP contribution in [0.2, 0.25) is 0 Å². The van der Waals surface area contributed by atoms with Crippen molar-refractivity contribution in [1.29, 1.82) is 10.5 Å². The molecule has 0 spiro atoms. The first-order valence-corrected chi connectivity index (χ1v) is 14.2. The normalized spacial score (nSPS) is 11.2. The summed E-state index contributed by atoms with van der Waals surface area (Å²) in [5.74, 6) is 0. The molecular weight excluding hydrogens is 522 g/mol. The van der Waals surface area contributed by atoms with E-state index in [2.05, 4.69) is 108 Å². The quantitative estimate of drug-likeness (QED) is 0.207. The lowest BCUT2D eigenvalue weighted by atomic mass is 9.91. The zero-order valence-electron chi connectivity index (χ0n) is 23.1. The lowest BCUT2D eigenvalue weighted by molar-refractivity contribution is 1.18. The number of nitrogens with zero attached hydrogens (tertiary/aromatic N) is 3. The second-order valence-electron chi connectivity index (χ2n) is 10.8. The van der Waals surface area contributed by atoms with Gasteiger partial charge in [-0.3, -0.25) is 0 Å². The summed E-state index contributed by atoms with van der Waals surface area (Å²) in [7, 11) is 0. The average molecular weight is 546 g/mol. The van der Waals surface area contributed by atoms with Crippen molar-refractivity contribution in [2.24, 2.45) is 0 Å². The summed E-state index contributed by atoms with van der Waals surface area (Å²) in [4.78, 5) is 0. The third-order valence-electron chi connectivity index (χ3n) is 8.45. The minimum absolute atomic E-state index is 0.652. The van der Waals surface area contributed by atoms with Crippen molar-refractivity contribution in [3.05, 3.63) is 151 Å². The largest absolute Gasteiger partial charge is 0.309 e. The molecule has 0 aliphatic rings. The molecule has 8 aromatic rings. The van der Waals surface area contributed by atoms with E-state index in [-0.39, 0.29) is 0 Å². The third-order valence-corrected chi connectivity index (χ3v) is 8.45. The Kier molecular flexibility index (Phi) is 5.58. The number of rotatable bonds is 3. The van der Waals surface area contributed by atoms with Crippen LogP contribution in [0.4, 0.5) is 0 Å². The maximum absolute atomic E-state index is 9.28. The van der Waals surface area contributed by atoms with Crippen LogP contribution in [0.15, 0.2) is 140 Å². The standard InChI is InChI=1S/C40H23N3/c41-24-26-9-13-28(14-10-26)36-23-31-16-15-29(21-37(31)34-6-2-1-5-33(34)36)30-17-20-40-38(22-30)35-7-3-4-8-39(35)43(40)32-18-11-27(25-42)12-19-32/h1-23H. The third kappa shape index (κ3) is 3.96. The summed E-state index contributed by atoms with van der Waals surface area (Å²) in [6.07, 6.45) is 0. The van der Waals surface area contributed by atoms with Crippen LogP contribution in [0.3, 0.4) is 0 Å². The molecule has 8 rings (SSSR count). The Morgan fingerprint density at radius 3 is 1.70 bits per heavy atom. The van der Waals surface area contributed by atoms with E-state index in [0.29, 0.717) is 11.1 Å². The van der Waals surface area contributed by atoms with Crippen molar-refractivity contribution in [2.75, 3.05) is 0 Å². The first kappa shape index (κ1) is 24.6. The minimum atomic E-state index is 0.652. The summed E-state index contributed by atoms with van der Waals surface area (Å²) in [6.45, 7) is 0. The van der Waals surface area contributed by atoms with Crippen molar-refractivity contribution in [3.8, 4) is 40.1 Å². The molecule has 0 fully saturated rings. The smallest absolute Gasteiger partial charge is 0.0991 e. The maximum atomic E-state index is 9.28. The molecule has 0 unspecified atom stereocenters. The molecule has 1 aromatic heterocycles. The number of aromatic nitrogens is 1. The maximum Gasteiger partial charge on any atom is 0.0991 e. The van der Waals surface area contributed by atoms with E-state index in [9.17, 15) is 10.5 Å². The number of nitriles is 2. The minimum Gasteiger partial charge on any atom is -0.309 e. The molecule has 3 heteroatoms. The van der Waals surface area contributed by atoms with E-state index in [1.165, 1.54) is 37.9 Å². The number of fused-ring (bicyclic) bond motifs is 6. The van der Waals surface area contributed by atoms with E-state index in [0.717, 1.165) is 33.4 Å². The van der Waals surface area contributed by atoms with Gasteiger partial charge in [0.1, 0.15) is 0 Å². The molecule has 0 radical (unpaired) electrons. The number of benzene rings is 7. The molecule has 43 heavy (non-hydrogen) atoms. The van der Waals surface area contributed by atoms with Crippen LogP contribution in [0.1, 0.15) is 11.1 Å². The molecule has 0 bridgehead atoms. The van der Waals surface area contributed by atoms with Crippen LogP contribution in [-0.4, -0.2) is 4.57 Å². The van der Waals surface area contributed by atoms with Gasteiger partial charge in [0.15, 0.2) is 0 Å². The highest BCUT2D eigenvalue weighted by molar-refractivity contribution is 6.15. The van der Waals surface area contributed by atoms with Crippen LogP contribution >= 0.6 is 0 Å². The van der Waals surface area contributed by atoms with Crippen LogP contribution in [0.5, 0.6) is 0 Å². The fourth-order valence-corrected chi connectivity index (χ4v) is 6.36. The van der Waals surface area contributed by atoms with Gasteiger partial charge in [0, 0.05) is 16.5 Å². The molecule has 0 saturated carbocycles. The summed E-state index contributed by atoms with van der Waals surface area (Å²) in [6, 6.07) is 52.8. The molecule has 0 atom stereocenters. The molecule has 0 amide bonds. The predicted octanol–water partition coefficient (Wildman–Crippen LogP) is 10.2. The second-order valence-corrected chi connectivity index (χ2v) is 10.8. The number of para-hydroxylation sites is 1. The zero-order valence-corrected chi connectivity index (χ0v) is 23.1. The Labute approximate surface area is 248 Å². The first-order valence-electron chi connectivity index (χ1n) is 14.2. The molecule has 0 aliphatic heterocycles. The van der Waals surface area contributed by atoms with Crippen molar-refractivity contribution in [3.63, 3.8) is 0 Å². The Balaban J connectivity index is 1.30. The van der Waals surface area contributed by atoms with E-state index < -0.39 is 0 Å². The fourth-order valence-electron chi connectivity index (χ4n) is 6.36. The fraction of sp³-hybridized carbons (Fsp3) is 0. The topological polar surface area (TPSA) is 52.5 Å². The van der Waals surface area contributed by atoms with Gasteiger partial charge in [-0.2, -0.15) is 10.5 Å². The van der Waals surface area contributed by atoms with Gasteiger partial charge in [0.25, 0.3) is 0 Å². The van der Waals surface area contributed by atoms with Crippen molar-refractivity contribution < 1.29 is 0 Å². The van der Waals surface area contributed by atoms with Gasteiger partial charge < -0.3 is 4.57 Å². The van der Waals surface area contributed by atoms with E-state index in [1.54, 1.807) is 0 Å². The van der Waals surface area contributed by atoms with Crippen molar-refractivity contribution >= 4 is 43.4 Å². The Morgan fingerprint density at radius 1 is 0.419 bits per heavy atom. The predicted molar refractivity (Wildman–Crippen MR) is 176 cm³/mol. The lowest BCUT2D eigenvalue weighted by Gasteiger charge is -2.13. The van der Waals surface area contributed by atoms with Gasteiger partial charge in [0.2, 0.25) is 0 Å². The summed E-state index contributed by atoms with van der Waals surface area (Å²) in [5.41, 5.74) is 9.22. The Bertz CT molecular complexity index is 2450. The summed E-state index contributed by atoms with van der Waals surface area (Å²) in [5, 5.41) is 25.7. The molecule has 3 nitrogen and oxygen atoms in total. The molecular formula is C40H23N3. The molecule has 7 aromatic carbocycles. The number of hydrogen-bond acceptors (Lipinski definition) is 2. The van der Waals surface area contributed by atoms with Crippen molar-refractivity contribution in [2.45, 2.75) is 0 Å². The number of hydrogen-bond donors (Lipinski definition) is 0. The zero-order chi connectivity index (χ0) is 28.9. The van der Waals surface area contributed by atoms with Crippen LogP contribution in [0, 0.1) is 22.7 Å². The van der Waals surface area contributed by atoms with Gasteiger partial charge in [-0.1, -0.05) is 72.8 Å². The highest BCUT2D eigenvalue weighted by atomic mass is 15.0. The summed E-state index contributed by atoms with van der Waals surface area (Å²) < 4.78 is 2.27. The van der Waals surface area contributed by atoms with Crippen LogP contribution in [0.25, 0.3) is 71.3 Å². The van der Waals surface area contributed by atoms with E-state index >= 15 is 0 Å². The van der Waals surface area contributed by atoms with Gasteiger partial charge >= 0.3 is 0 Å². The molecule has 0 saturated heterocycles. The molecule has 0 N–H and O–H groups in total. The molecule has 198 valence electrons. The van der Waals surface area contributed by atoms with Crippen LogP contribution < -0.4 is 0 Å². The van der Waals surface area contributed by atoms with E-state index in [4.69, 9.17) is 0 Å².